The fourth-order valence-corrected chi connectivity index (χ4v) is 0.503. The van der Waals surface area contributed by atoms with Crippen LogP contribution < -0.4 is 0 Å². The average Bonchev–Trinajstić information content (AvgIpc) is 2.06. The molecule has 0 atom stereocenters. The average molecular weight is 177 g/mol. The Morgan fingerprint density at radius 3 is 1.67 bits per heavy atom. The Kier molecular flexibility index (Phi) is 8.86. The Morgan fingerprint density at radius 1 is 0.917 bits per heavy atom. The van der Waals surface area contributed by atoms with Crippen molar-refractivity contribution in [3.05, 3.63) is 0 Å². The van der Waals surface area contributed by atoms with Gasteiger partial charge in [0.25, 0.3) is 0 Å². The van der Waals surface area contributed by atoms with Crippen LogP contribution in [0, 0.1) is 0 Å². The van der Waals surface area contributed by atoms with Gasteiger partial charge in [0, 0.05) is 14.2 Å². The fraction of sp³-hybridized carbons (Fsp3) is 1.00. The second kappa shape index (κ2) is 8.96. The predicted molar refractivity (Wildman–Crippen MR) is 42.1 cm³/mol. The molecular weight excluding hydrogens is 163 g/mol. The third kappa shape index (κ3) is 7.97. The van der Waals surface area contributed by atoms with E-state index < -0.39 is 7.32 Å². The molecule has 12 heavy (non-hydrogen) atoms. The van der Waals surface area contributed by atoms with E-state index in [1.807, 2.05) is 0 Å². The highest BCUT2D eigenvalue weighted by Crippen LogP contribution is 1.86. The molecule has 0 rings (SSSR count). The van der Waals surface area contributed by atoms with E-state index in [-0.39, 0.29) is 13.2 Å². The van der Waals surface area contributed by atoms with E-state index in [1.165, 1.54) is 14.2 Å². The van der Waals surface area contributed by atoms with Crippen molar-refractivity contribution in [1.29, 1.82) is 0 Å². The molecule has 0 amide bonds. The quantitative estimate of drug-likeness (QED) is 0.378. The topological polar surface area (TPSA) is 56.8 Å². The molecule has 0 aromatic rings. The zero-order valence-corrected chi connectivity index (χ0v) is 7.45. The second-order valence-electron chi connectivity index (χ2n) is 2.02. The van der Waals surface area contributed by atoms with Gasteiger partial charge in [0.1, 0.15) is 0 Å². The van der Waals surface area contributed by atoms with E-state index in [4.69, 9.17) is 0 Å². The smallest absolute Gasteiger partial charge is 0.382 e. The van der Waals surface area contributed by atoms with Crippen LogP contribution in [0.25, 0.3) is 0 Å². The molecule has 0 aromatic heterocycles. The van der Waals surface area contributed by atoms with Crippen LogP contribution in [-0.2, 0) is 23.8 Å². The van der Waals surface area contributed by atoms with Crippen molar-refractivity contribution >= 4 is 7.32 Å². The number of rotatable bonds is 8. The molecule has 0 aliphatic carbocycles. The van der Waals surface area contributed by atoms with E-state index in [1.54, 1.807) is 0 Å². The largest absolute Gasteiger partial charge is 0.667 e. The van der Waals surface area contributed by atoms with Crippen LogP contribution in [0.1, 0.15) is 0 Å². The van der Waals surface area contributed by atoms with Gasteiger partial charge in [-0.2, -0.15) is 0 Å². The highest BCUT2D eigenvalue weighted by Gasteiger charge is 2.16. The number of hydrogen-bond acceptors (Lipinski definition) is 4. The van der Waals surface area contributed by atoms with E-state index in [0.717, 1.165) is 0 Å². The summed E-state index contributed by atoms with van der Waals surface area (Å²) in [6, 6.07) is 0. The number of ether oxygens (including phenoxy) is 2. The Balaban J connectivity index is 3.04. The lowest BCUT2D eigenvalue weighted by Crippen LogP contribution is -2.24. The second-order valence-corrected chi connectivity index (χ2v) is 2.02. The summed E-state index contributed by atoms with van der Waals surface area (Å²) < 4.78 is 18.7. The summed E-state index contributed by atoms with van der Waals surface area (Å²) in [6.07, 6.45) is 0. The van der Waals surface area contributed by atoms with Crippen LogP contribution in [0.2, 0.25) is 0 Å². The molecule has 71 valence electrons. The van der Waals surface area contributed by atoms with Gasteiger partial charge in [0.2, 0.25) is 0 Å². The lowest BCUT2D eigenvalue weighted by atomic mass is 10.2. The van der Waals surface area contributed by atoms with Crippen molar-refractivity contribution in [1.82, 2.24) is 0 Å². The molecule has 0 aliphatic rings. The Morgan fingerprint density at radius 2 is 1.33 bits per heavy atom. The summed E-state index contributed by atoms with van der Waals surface area (Å²) in [5.41, 5.74) is 0. The highest BCUT2D eigenvalue weighted by molar-refractivity contribution is 6.34. The maximum absolute atomic E-state index is 10.7. The first-order chi connectivity index (χ1) is 5.81. The molecule has 0 saturated carbocycles. The van der Waals surface area contributed by atoms with E-state index in [0.29, 0.717) is 13.2 Å². The summed E-state index contributed by atoms with van der Waals surface area (Å²) in [6.45, 7) is 1.29. The predicted octanol–water partition coefficient (Wildman–Crippen LogP) is -0.272. The van der Waals surface area contributed by atoms with Gasteiger partial charge in [-0.1, -0.05) is 0 Å². The lowest BCUT2D eigenvalue weighted by molar-refractivity contribution is 0.0575. The Bertz CT molecular complexity index is 82.0. The Hall–Kier alpha value is -0.135. The van der Waals surface area contributed by atoms with Crippen LogP contribution in [0.15, 0.2) is 0 Å². The van der Waals surface area contributed by atoms with Crippen LogP contribution >= 0.6 is 0 Å². The summed E-state index contributed by atoms with van der Waals surface area (Å²) in [5.74, 6) is 0. The van der Waals surface area contributed by atoms with Crippen LogP contribution in [0.3, 0.4) is 0 Å². The first-order valence-electron chi connectivity index (χ1n) is 3.68. The maximum atomic E-state index is 10.7. The third-order valence-corrected chi connectivity index (χ3v) is 1.08. The first-order valence-corrected chi connectivity index (χ1v) is 3.68. The van der Waals surface area contributed by atoms with Crippen LogP contribution in [0.4, 0.5) is 0 Å². The molecule has 5 nitrogen and oxygen atoms in total. The SMILES string of the molecule is COCCOB([O])OCCOC. The number of hydrogen-bond donors (Lipinski definition) is 0. The van der Waals surface area contributed by atoms with E-state index >= 15 is 0 Å². The van der Waals surface area contributed by atoms with Crippen molar-refractivity contribution in [3.63, 3.8) is 0 Å². The summed E-state index contributed by atoms with van der Waals surface area (Å²) in [4.78, 5) is 0. The first kappa shape index (κ1) is 11.9. The lowest BCUT2D eigenvalue weighted by Gasteiger charge is -2.05. The van der Waals surface area contributed by atoms with Gasteiger partial charge in [-0.15, -0.1) is 0 Å². The minimum Gasteiger partial charge on any atom is -0.382 e. The third-order valence-electron chi connectivity index (χ3n) is 1.08. The molecular formula is C6H14BO5. The molecule has 0 aromatic carbocycles. The summed E-state index contributed by atoms with van der Waals surface area (Å²) in [7, 11) is 1.64. The van der Waals surface area contributed by atoms with E-state index in [9.17, 15) is 5.02 Å². The van der Waals surface area contributed by atoms with Crippen LogP contribution in [0.5, 0.6) is 0 Å². The van der Waals surface area contributed by atoms with Gasteiger partial charge < -0.3 is 18.8 Å². The van der Waals surface area contributed by atoms with Crippen molar-refractivity contribution in [2.75, 3.05) is 40.6 Å². The number of methoxy groups -OCH3 is 2. The van der Waals surface area contributed by atoms with Crippen molar-refractivity contribution in [2.24, 2.45) is 0 Å². The maximum Gasteiger partial charge on any atom is 0.667 e. The monoisotopic (exact) mass is 177 g/mol. The van der Waals surface area contributed by atoms with Gasteiger partial charge >= 0.3 is 7.32 Å². The van der Waals surface area contributed by atoms with Crippen molar-refractivity contribution in [2.45, 2.75) is 0 Å². The highest BCUT2D eigenvalue weighted by atomic mass is 16.7. The minimum absolute atomic E-state index is 0.248. The van der Waals surface area contributed by atoms with Gasteiger partial charge in [-0.25, -0.2) is 5.02 Å². The molecule has 0 heterocycles. The van der Waals surface area contributed by atoms with E-state index in [2.05, 4.69) is 18.8 Å². The molecule has 0 spiro atoms. The zero-order valence-electron chi connectivity index (χ0n) is 7.45. The molecule has 0 fully saturated rings. The van der Waals surface area contributed by atoms with Gasteiger partial charge in [0.05, 0.1) is 26.4 Å². The zero-order chi connectivity index (χ0) is 9.23. The molecule has 1 radical (unpaired) electrons. The molecule has 0 bridgehead atoms. The normalized spacial score (nSPS) is 10.2. The summed E-state index contributed by atoms with van der Waals surface area (Å²) >= 11 is 0. The molecule has 0 N–H and O–H groups in total. The Labute approximate surface area is 72.7 Å². The van der Waals surface area contributed by atoms with Crippen LogP contribution in [-0.4, -0.2) is 48.0 Å². The molecule has 6 heteroatoms. The van der Waals surface area contributed by atoms with Gasteiger partial charge in [0.15, 0.2) is 0 Å². The molecule has 0 saturated heterocycles. The summed E-state index contributed by atoms with van der Waals surface area (Å²) in [5, 5.41) is 10.7. The fourth-order valence-electron chi connectivity index (χ4n) is 0.503. The van der Waals surface area contributed by atoms with Gasteiger partial charge in [-0.05, 0) is 0 Å². The van der Waals surface area contributed by atoms with Crippen molar-refractivity contribution in [3.8, 4) is 0 Å². The molecule has 0 aliphatic heterocycles. The minimum atomic E-state index is -1.43. The standard InChI is InChI=1S/C6H14BO5/c1-9-3-5-11-7(8)12-6-4-10-2/h3-6H2,1-2H3. The van der Waals surface area contributed by atoms with Crippen molar-refractivity contribution < 1.29 is 23.8 Å². The van der Waals surface area contributed by atoms with Gasteiger partial charge in [-0.3, -0.25) is 0 Å². The molecule has 0 unspecified atom stereocenters.